The molecule has 0 bridgehead atoms. The van der Waals surface area contributed by atoms with Crippen molar-refractivity contribution in [2.45, 2.75) is 19.4 Å². The average molecular weight is 479 g/mol. The van der Waals surface area contributed by atoms with Crippen molar-refractivity contribution in [3.63, 3.8) is 0 Å². The number of alkyl halides is 1. The highest BCUT2D eigenvalue weighted by molar-refractivity contribution is 14.1. The van der Waals surface area contributed by atoms with Gasteiger partial charge in [-0.25, -0.2) is 4.39 Å². The molecule has 1 heterocycles. The molecule has 2 aromatic carbocycles. The molecule has 0 aliphatic carbocycles. The fourth-order valence-electron chi connectivity index (χ4n) is 2.90. The van der Waals surface area contributed by atoms with E-state index >= 15 is 0 Å². The van der Waals surface area contributed by atoms with Gasteiger partial charge >= 0.3 is 0 Å². The predicted molar refractivity (Wildman–Crippen MR) is 112 cm³/mol. The standard InChI is InChI=1S/C19H15FIN3OS/c1-12-3-6-14(7-4-12)24-18(26)23(17(25)19(24,2)11-20)15-8-5-13(10-22)16(21)9-15/h3-9H,11H2,1-2H3. The van der Waals surface area contributed by atoms with Crippen molar-refractivity contribution >= 4 is 57.2 Å². The smallest absolute Gasteiger partial charge is 0.262 e. The van der Waals surface area contributed by atoms with E-state index in [9.17, 15) is 9.18 Å². The van der Waals surface area contributed by atoms with Crippen molar-refractivity contribution in [3.05, 3.63) is 57.2 Å². The molecule has 0 saturated carbocycles. The van der Waals surface area contributed by atoms with Crippen LogP contribution in [0.2, 0.25) is 0 Å². The number of anilines is 2. The average Bonchev–Trinajstić information content (AvgIpc) is 2.82. The zero-order valence-corrected chi connectivity index (χ0v) is 17.1. The van der Waals surface area contributed by atoms with Crippen molar-refractivity contribution in [2.24, 2.45) is 0 Å². The highest BCUT2D eigenvalue weighted by atomic mass is 127. The number of hydrogen-bond donors (Lipinski definition) is 0. The van der Waals surface area contributed by atoms with Crippen molar-refractivity contribution in [3.8, 4) is 6.07 Å². The summed E-state index contributed by atoms with van der Waals surface area (Å²) >= 11 is 7.59. The Labute approximate surface area is 170 Å². The number of rotatable bonds is 3. The van der Waals surface area contributed by atoms with Crippen LogP contribution in [0.1, 0.15) is 18.1 Å². The van der Waals surface area contributed by atoms with Gasteiger partial charge in [0.25, 0.3) is 5.91 Å². The number of nitriles is 1. The molecule has 132 valence electrons. The summed E-state index contributed by atoms with van der Waals surface area (Å²) < 4.78 is 14.7. The minimum absolute atomic E-state index is 0.222. The number of halogens is 2. The summed E-state index contributed by atoms with van der Waals surface area (Å²) in [6, 6.07) is 14.5. The number of aryl methyl sites for hydroxylation is 1. The molecular formula is C19H15FIN3OS. The van der Waals surface area contributed by atoms with E-state index in [4.69, 9.17) is 17.5 Å². The lowest BCUT2D eigenvalue weighted by Crippen LogP contribution is -2.49. The molecule has 1 atom stereocenters. The van der Waals surface area contributed by atoms with Crippen LogP contribution in [0.25, 0.3) is 0 Å². The Morgan fingerprint density at radius 1 is 1.23 bits per heavy atom. The number of nitrogens with zero attached hydrogens (tertiary/aromatic N) is 3. The zero-order valence-electron chi connectivity index (χ0n) is 14.2. The zero-order chi connectivity index (χ0) is 19.1. The summed E-state index contributed by atoms with van der Waals surface area (Å²) in [6.07, 6.45) is 0. The van der Waals surface area contributed by atoms with Crippen molar-refractivity contribution in [1.29, 1.82) is 5.26 Å². The molecule has 1 unspecified atom stereocenters. The summed E-state index contributed by atoms with van der Waals surface area (Å²) in [5.74, 6) is -0.425. The first-order valence-corrected chi connectivity index (χ1v) is 9.33. The fraction of sp³-hybridized carbons (Fsp3) is 0.211. The monoisotopic (exact) mass is 479 g/mol. The summed E-state index contributed by atoms with van der Waals surface area (Å²) in [7, 11) is 0. The second kappa shape index (κ2) is 6.93. The van der Waals surface area contributed by atoms with E-state index < -0.39 is 18.1 Å². The maximum absolute atomic E-state index is 14.0. The predicted octanol–water partition coefficient (Wildman–Crippen LogP) is 4.34. The molecule has 7 heteroatoms. The van der Waals surface area contributed by atoms with Gasteiger partial charge in [-0.2, -0.15) is 5.26 Å². The van der Waals surface area contributed by atoms with Crippen LogP contribution in [0.4, 0.5) is 15.8 Å². The summed E-state index contributed by atoms with van der Waals surface area (Å²) in [4.78, 5) is 16.0. The number of carbonyl (C=O) groups excluding carboxylic acids is 1. The fourth-order valence-corrected chi connectivity index (χ4v) is 4.02. The molecule has 3 rings (SSSR count). The minimum Gasteiger partial charge on any atom is -0.301 e. The Kier molecular flexibility index (Phi) is 4.99. The Morgan fingerprint density at radius 2 is 1.85 bits per heavy atom. The van der Waals surface area contributed by atoms with Gasteiger partial charge in [-0.3, -0.25) is 9.69 Å². The molecule has 1 saturated heterocycles. The van der Waals surface area contributed by atoms with Crippen molar-refractivity contribution < 1.29 is 9.18 Å². The Bertz CT molecular complexity index is 941. The molecule has 26 heavy (non-hydrogen) atoms. The largest absolute Gasteiger partial charge is 0.301 e. The molecule has 0 aromatic heterocycles. The van der Waals surface area contributed by atoms with Crippen molar-refractivity contribution in [1.82, 2.24) is 0 Å². The molecule has 1 amide bonds. The number of hydrogen-bond acceptors (Lipinski definition) is 3. The summed E-state index contributed by atoms with van der Waals surface area (Å²) in [6.45, 7) is 2.64. The number of amides is 1. The molecule has 0 radical (unpaired) electrons. The van der Waals surface area contributed by atoms with E-state index in [0.29, 0.717) is 20.5 Å². The topological polar surface area (TPSA) is 47.3 Å². The van der Waals surface area contributed by atoms with Crippen LogP contribution in [0.5, 0.6) is 0 Å². The van der Waals surface area contributed by atoms with E-state index in [2.05, 4.69) is 6.07 Å². The molecule has 2 aromatic rings. The van der Waals surface area contributed by atoms with Gasteiger partial charge < -0.3 is 4.90 Å². The van der Waals surface area contributed by atoms with Crippen LogP contribution in [0.15, 0.2) is 42.5 Å². The van der Waals surface area contributed by atoms with Gasteiger partial charge in [-0.15, -0.1) is 0 Å². The SMILES string of the molecule is Cc1ccc(N2C(=S)N(c3ccc(C#N)c(I)c3)C(=O)C2(C)CF)cc1. The van der Waals surface area contributed by atoms with E-state index in [0.717, 1.165) is 5.56 Å². The lowest BCUT2D eigenvalue weighted by molar-refractivity contribution is -0.121. The number of carbonyl (C=O) groups is 1. The molecule has 1 aliphatic rings. The summed E-state index contributed by atoms with van der Waals surface area (Å²) in [5, 5.41) is 9.32. The molecule has 1 fully saturated rings. The Hall–Kier alpha value is -2.05. The first-order chi connectivity index (χ1) is 12.3. The van der Waals surface area contributed by atoms with Crippen LogP contribution < -0.4 is 9.80 Å². The molecule has 0 spiro atoms. The van der Waals surface area contributed by atoms with Gasteiger partial charge in [0.05, 0.1) is 11.3 Å². The summed E-state index contributed by atoms with van der Waals surface area (Å²) in [5.41, 5.74) is 1.35. The third kappa shape index (κ3) is 2.87. The normalized spacial score (nSPS) is 19.8. The second-order valence-corrected chi connectivity index (χ2v) is 7.80. The van der Waals surface area contributed by atoms with E-state index in [1.54, 1.807) is 30.0 Å². The lowest BCUT2D eigenvalue weighted by Gasteiger charge is -2.30. The van der Waals surface area contributed by atoms with Gasteiger partial charge in [-0.05, 0) is 79.0 Å². The number of thiocarbonyl (C=S) groups is 1. The van der Waals surface area contributed by atoms with E-state index in [-0.39, 0.29) is 5.11 Å². The molecule has 0 N–H and O–H groups in total. The maximum atomic E-state index is 14.0. The Balaban J connectivity index is 2.10. The third-order valence-electron chi connectivity index (χ3n) is 4.42. The van der Waals surface area contributed by atoms with Gasteiger partial charge in [0.15, 0.2) is 10.7 Å². The van der Waals surface area contributed by atoms with Gasteiger partial charge in [0.1, 0.15) is 12.7 Å². The van der Waals surface area contributed by atoms with Crippen LogP contribution in [0, 0.1) is 21.8 Å². The van der Waals surface area contributed by atoms with Crippen LogP contribution in [0.3, 0.4) is 0 Å². The third-order valence-corrected chi connectivity index (χ3v) is 5.68. The molecule has 1 aliphatic heterocycles. The van der Waals surface area contributed by atoms with E-state index in [1.807, 2.05) is 53.8 Å². The highest BCUT2D eigenvalue weighted by Crippen LogP contribution is 2.37. The Morgan fingerprint density at radius 3 is 2.38 bits per heavy atom. The molecule has 4 nitrogen and oxygen atoms in total. The highest BCUT2D eigenvalue weighted by Gasteiger charge is 2.53. The van der Waals surface area contributed by atoms with Gasteiger partial charge in [0.2, 0.25) is 0 Å². The maximum Gasteiger partial charge on any atom is 0.262 e. The number of benzene rings is 2. The first kappa shape index (κ1) is 18.7. The van der Waals surface area contributed by atoms with Crippen LogP contribution in [-0.4, -0.2) is 23.2 Å². The quantitative estimate of drug-likeness (QED) is 0.486. The van der Waals surface area contributed by atoms with Crippen LogP contribution >= 0.6 is 34.8 Å². The first-order valence-electron chi connectivity index (χ1n) is 7.84. The molecular weight excluding hydrogens is 464 g/mol. The van der Waals surface area contributed by atoms with E-state index in [1.165, 1.54) is 4.90 Å². The lowest BCUT2D eigenvalue weighted by atomic mass is 10.0. The van der Waals surface area contributed by atoms with Gasteiger partial charge in [0, 0.05) is 9.26 Å². The van der Waals surface area contributed by atoms with Crippen molar-refractivity contribution in [2.75, 3.05) is 16.5 Å². The second-order valence-electron chi connectivity index (χ2n) is 6.28. The van der Waals surface area contributed by atoms with Gasteiger partial charge in [-0.1, -0.05) is 17.7 Å². The minimum atomic E-state index is -1.41. The van der Waals surface area contributed by atoms with Crippen LogP contribution in [-0.2, 0) is 4.79 Å².